The molecule has 8 nitrogen and oxygen atoms in total. The van der Waals surface area contributed by atoms with Crippen molar-refractivity contribution in [3.8, 4) is 0 Å². The number of quaternary nitrogens is 1. The predicted octanol–water partition coefficient (Wildman–Crippen LogP) is -0.963. The van der Waals surface area contributed by atoms with Crippen LogP contribution in [0.3, 0.4) is 0 Å². The number of urea groups is 1. The van der Waals surface area contributed by atoms with E-state index in [0.717, 1.165) is 16.0 Å². The summed E-state index contributed by atoms with van der Waals surface area (Å²) in [6, 6.07) is 4.43. The number of aryl methyl sites for hydroxylation is 2. The number of imide groups is 1. The zero-order valence-corrected chi connectivity index (χ0v) is 16.4. The van der Waals surface area contributed by atoms with E-state index < -0.39 is 22.1 Å². The first-order valence-corrected chi connectivity index (χ1v) is 10.1. The van der Waals surface area contributed by atoms with Gasteiger partial charge in [0.25, 0.3) is 5.91 Å². The van der Waals surface area contributed by atoms with E-state index in [2.05, 4.69) is 10.6 Å². The van der Waals surface area contributed by atoms with Crippen molar-refractivity contribution in [2.75, 3.05) is 33.2 Å². The summed E-state index contributed by atoms with van der Waals surface area (Å²) in [5, 5.41) is 4.61. The third-order valence-electron chi connectivity index (χ3n) is 4.80. The monoisotopic (exact) mass is 383 g/mol. The molecular formula is C17H27N4O4S+. The van der Waals surface area contributed by atoms with Crippen molar-refractivity contribution in [3.05, 3.63) is 29.3 Å². The molecule has 1 atom stereocenters. The number of carbonyl (C=O) groups is 2. The molecular weight excluding hydrogens is 356 g/mol. The van der Waals surface area contributed by atoms with Crippen LogP contribution in [0.1, 0.15) is 18.1 Å². The normalized spacial score (nSPS) is 17.5. The van der Waals surface area contributed by atoms with Crippen LogP contribution in [-0.2, 0) is 14.8 Å². The standard InChI is InChI=1S/C17H26N4O4S/c1-12-5-6-13(2)15(11-12)26(24,25)21-9-7-20(8-10-21)14(3)16(22)19-17(23)18-4/h5-6,11,14H,7-10H2,1-4H3,(H2,18,19,22,23)/p+1/t14-/m0/s1. The fraction of sp³-hybridized carbons (Fsp3) is 0.529. The highest BCUT2D eigenvalue weighted by molar-refractivity contribution is 7.89. The minimum absolute atomic E-state index is 0.336. The molecule has 0 spiro atoms. The molecule has 1 aliphatic rings. The number of nitrogens with one attached hydrogen (secondary N) is 3. The van der Waals surface area contributed by atoms with Gasteiger partial charge in [-0.2, -0.15) is 4.31 Å². The molecule has 1 aromatic rings. The molecule has 1 aliphatic heterocycles. The van der Waals surface area contributed by atoms with Crippen molar-refractivity contribution in [1.82, 2.24) is 14.9 Å². The molecule has 1 aromatic carbocycles. The topological polar surface area (TPSA) is 100 Å². The van der Waals surface area contributed by atoms with Gasteiger partial charge in [0.1, 0.15) is 0 Å². The van der Waals surface area contributed by atoms with Gasteiger partial charge in [-0.1, -0.05) is 12.1 Å². The number of amides is 3. The summed E-state index contributed by atoms with van der Waals surface area (Å²) >= 11 is 0. The molecule has 26 heavy (non-hydrogen) atoms. The average Bonchev–Trinajstić information content (AvgIpc) is 2.62. The maximum Gasteiger partial charge on any atom is 0.321 e. The Morgan fingerprint density at radius 3 is 2.38 bits per heavy atom. The Kier molecular flexibility index (Phi) is 6.38. The molecule has 144 valence electrons. The van der Waals surface area contributed by atoms with Gasteiger partial charge >= 0.3 is 6.03 Å². The summed E-state index contributed by atoms with van der Waals surface area (Å²) in [4.78, 5) is 24.6. The van der Waals surface area contributed by atoms with Crippen LogP contribution in [0, 0.1) is 13.8 Å². The Morgan fingerprint density at radius 2 is 1.81 bits per heavy atom. The summed E-state index contributed by atoms with van der Waals surface area (Å²) in [6.45, 7) is 7.08. The third kappa shape index (κ3) is 4.40. The zero-order chi connectivity index (χ0) is 19.5. The lowest BCUT2D eigenvalue weighted by Crippen LogP contribution is -3.19. The van der Waals surface area contributed by atoms with Crippen LogP contribution in [0.5, 0.6) is 0 Å². The molecule has 3 N–H and O–H groups in total. The highest BCUT2D eigenvalue weighted by Crippen LogP contribution is 2.21. The van der Waals surface area contributed by atoms with E-state index in [1.54, 1.807) is 19.9 Å². The smallest absolute Gasteiger partial charge is 0.321 e. The van der Waals surface area contributed by atoms with Crippen LogP contribution >= 0.6 is 0 Å². The number of benzene rings is 1. The second-order valence-electron chi connectivity index (χ2n) is 6.62. The van der Waals surface area contributed by atoms with Crippen LogP contribution in [0.2, 0.25) is 0 Å². The highest BCUT2D eigenvalue weighted by atomic mass is 32.2. The lowest BCUT2D eigenvalue weighted by Gasteiger charge is -2.34. The third-order valence-corrected chi connectivity index (χ3v) is 6.84. The Balaban J connectivity index is 2.04. The predicted molar refractivity (Wildman–Crippen MR) is 97.4 cm³/mol. The fourth-order valence-corrected chi connectivity index (χ4v) is 4.79. The molecule has 0 bridgehead atoms. The molecule has 0 saturated carbocycles. The number of hydrogen-bond acceptors (Lipinski definition) is 4. The fourth-order valence-electron chi connectivity index (χ4n) is 3.04. The van der Waals surface area contributed by atoms with Gasteiger partial charge < -0.3 is 10.2 Å². The molecule has 0 unspecified atom stereocenters. The van der Waals surface area contributed by atoms with Crippen LogP contribution in [0.4, 0.5) is 4.79 Å². The minimum atomic E-state index is -3.55. The zero-order valence-electron chi connectivity index (χ0n) is 15.6. The number of rotatable bonds is 4. The first-order valence-electron chi connectivity index (χ1n) is 8.61. The molecule has 2 rings (SSSR count). The number of nitrogens with zero attached hydrogens (tertiary/aromatic N) is 1. The van der Waals surface area contributed by atoms with Crippen LogP contribution in [0.15, 0.2) is 23.1 Å². The van der Waals surface area contributed by atoms with Gasteiger partial charge in [0.15, 0.2) is 6.04 Å². The van der Waals surface area contributed by atoms with E-state index in [9.17, 15) is 18.0 Å². The Bertz CT molecular complexity index is 786. The summed E-state index contributed by atoms with van der Waals surface area (Å²) in [5.41, 5.74) is 1.63. The summed E-state index contributed by atoms with van der Waals surface area (Å²) in [5.74, 6) is -0.370. The van der Waals surface area contributed by atoms with Gasteiger partial charge in [0.05, 0.1) is 31.1 Å². The largest absolute Gasteiger partial charge is 0.341 e. The lowest BCUT2D eigenvalue weighted by molar-refractivity contribution is -0.917. The quantitative estimate of drug-likeness (QED) is 0.623. The van der Waals surface area contributed by atoms with Crippen molar-refractivity contribution in [1.29, 1.82) is 0 Å². The first-order chi connectivity index (χ1) is 12.2. The van der Waals surface area contributed by atoms with E-state index in [1.807, 2.05) is 19.1 Å². The van der Waals surface area contributed by atoms with E-state index in [1.165, 1.54) is 11.4 Å². The Labute approximate surface area is 154 Å². The second-order valence-corrected chi connectivity index (χ2v) is 8.53. The Morgan fingerprint density at radius 1 is 1.19 bits per heavy atom. The minimum Gasteiger partial charge on any atom is -0.341 e. The molecule has 1 fully saturated rings. The molecule has 3 amide bonds. The van der Waals surface area contributed by atoms with Crippen LogP contribution < -0.4 is 15.5 Å². The van der Waals surface area contributed by atoms with Gasteiger partial charge in [-0.3, -0.25) is 10.1 Å². The maximum absolute atomic E-state index is 12.9. The van der Waals surface area contributed by atoms with Gasteiger partial charge in [-0.05, 0) is 38.0 Å². The van der Waals surface area contributed by atoms with Crippen molar-refractivity contribution in [2.45, 2.75) is 31.7 Å². The average molecular weight is 383 g/mol. The maximum atomic E-state index is 12.9. The van der Waals surface area contributed by atoms with Gasteiger partial charge in [-0.25, -0.2) is 13.2 Å². The van der Waals surface area contributed by atoms with Crippen LogP contribution in [-0.4, -0.2) is 63.9 Å². The van der Waals surface area contributed by atoms with E-state index in [0.29, 0.717) is 31.1 Å². The van der Waals surface area contributed by atoms with Crippen molar-refractivity contribution < 1.29 is 22.9 Å². The van der Waals surface area contributed by atoms with E-state index in [-0.39, 0.29) is 5.91 Å². The molecule has 9 heteroatoms. The molecule has 0 radical (unpaired) electrons. The highest BCUT2D eigenvalue weighted by Gasteiger charge is 2.35. The number of piperazine rings is 1. The lowest BCUT2D eigenvalue weighted by atomic mass is 10.2. The van der Waals surface area contributed by atoms with Crippen molar-refractivity contribution in [3.63, 3.8) is 0 Å². The van der Waals surface area contributed by atoms with E-state index >= 15 is 0 Å². The van der Waals surface area contributed by atoms with Gasteiger partial charge in [-0.15, -0.1) is 0 Å². The number of sulfonamides is 1. The van der Waals surface area contributed by atoms with E-state index in [4.69, 9.17) is 0 Å². The Hall–Kier alpha value is -1.97. The van der Waals surface area contributed by atoms with Gasteiger partial charge in [0.2, 0.25) is 10.0 Å². The number of hydrogen-bond donors (Lipinski definition) is 3. The summed E-state index contributed by atoms with van der Waals surface area (Å²) in [6.07, 6.45) is 0. The summed E-state index contributed by atoms with van der Waals surface area (Å²) in [7, 11) is -2.11. The van der Waals surface area contributed by atoms with Crippen molar-refractivity contribution >= 4 is 22.0 Å². The molecule has 1 saturated heterocycles. The molecule has 0 aromatic heterocycles. The number of carbonyl (C=O) groups excluding carboxylic acids is 2. The second kappa shape index (κ2) is 8.15. The van der Waals surface area contributed by atoms with Crippen molar-refractivity contribution in [2.24, 2.45) is 0 Å². The SMILES string of the molecule is CNC(=O)NC(=O)[C@H](C)[NH+]1CCN(S(=O)(=O)c2cc(C)ccc2C)CC1. The molecule has 1 heterocycles. The first kappa shape index (κ1) is 20.3. The summed E-state index contributed by atoms with van der Waals surface area (Å²) < 4.78 is 27.4. The van der Waals surface area contributed by atoms with Gasteiger partial charge in [0, 0.05) is 7.05 Å². The molecule has 0 aliphatic carbocycles. The van der Waals surface area contributed by atoms with Crippen LogP contribution in [0.25, 0.3) is 0 Å².